The van der Waals surface area contributed by atoms with Gasteiger partial charge in [0, 0.05) is 117 Å². The van der Waals surface area contributed by atoms with Gasteiger partial charge in [-0.1, -0.05) is 24.3 Å². The fourth-order valence-corrected chi connectivity index (χ4v) is 7.91. The van der Waals surface area contributed by atoms with Crippen molar-refractivity contribution in [3.05, 3.63) is 104 Å². The van der Waals surface area contributed by atoms with Crippen LogP contribution in [-0.4, -0.2) is 83.4 Å². The van der Waals surface area contributed by atoms with Crippen molar-refractivity contribution in [2.45, 2.75) is 31.8 Å². The molecule has 2 aliphatic heterocycles. The lowest BCUT2D eigenvalue weighted by molar-refractivity contribution is -0.127. The molecule has 8 aromatic rings. The maximum Gasteiger partial charge on any atom is 0.219 e. The molecule has 0 aliphatic carbocycles. The number of aryl methyl sites for hydroxylation is 2. The van der Waals surface area contributed by atoms with Crippen molar-refractivity contribution >= 4 is 61.2 Å². The van der Waals surface area contributed by atoms with Crippen LogP contribution in [0, 0.1) is 0 Å². The second-order valence-corrected chi connectivity index (χ2v) is 14.6. The average molecular weight is 730 g/mol. The summed E-state index contributed by atoms with van der Waals surface area (Å²) < 4.78 is 4.03. The molecule has 0 saturated carbocycles. The lowest BCUT2D eigenvalue weighted by atomic mass is 10.0. The maximum atomic E-state index is 11.6. The first-order valence-electron chi connectivity index (χ1n) is 18.8. The van der Waals surface area contributed by atoms with Crippen molar-refractivity contribution in [2.75, 3.05) is 36.8 Å². The highest BCUT2D eigenvalue weighted by Gasteiger charge is 2.24. The Kier molecular flexibility index (Phi) is 9.03. The summed E-state index contributed by atoms with van der Waals surface area (Å²) in [6.07, 6.45) is 13.0. The number of likely N-dealkylation sites (tertiary alicyclic amines) is 1. The molecule has 4 aromatic heterocycles. The van der Waals surface area contributed by atoms with Gasteiger partial charge >= 0.3 is 0 Å². The van der Waals surface area contributed by atoms with Gasteiger partial charge in [-0.3, -0.25) is 29.4 Å². The number of carbonyl (C=O) groups excluding carboxylic acids is 1. The topological polar surface area (TPSA) is 131 Å². The standard InChI is InChI=1S/C22H22N6O.C21H21N5/c1-14(29)28-8-5-17(13-28)26-18-10-19(22-20(11-18)23-6-7-24-22)15-3-4-16-12-25-27(2)21(16)9-15;1-26-9-5-14-2-3-15(10-20(14)26)18-11-17(25-16-4-6-22-13-16)12-19-21(18)24-8-7-23-19/h3-4,6-7,9-12,17,26H,5,8,13H2,1-2H3;2-3,5,7-12,16,22,25H,4,6,13H2,1H3/t17-;/m0./s1. The average Bonchev–Trinajstić information content (AvgIpc) is 4.04. The zero-order valence-electron chi connectivity index (χ0n) is 31.2. The van der Waals surface area contributed by atoms with E-state index >= 15 is 0 Å². The second kappa shape index (κ2) is 14.4. The summed E-state index contributed by atoms with van der Waals surface area (Å²) in [5, 5.41) is 17.3. The van der Waals surface area contributed by atoms with Crippen molar-refractivity contribution in [3.8, 4) is 22.3 Å². The molecule has 55 heavy (non-hydrogen) atoms. The molecule has 3 N–H and O–H groups in total. The predicted octanol–water partition coefficient (Wildman–Crippen LogP) is 6.78. The van der Waals surface area contributed by atoms with Crippen molar-refractivity contribution in [3.63, 3.8) is 0 Å². The van der Waals surface area contributed by atoms with Crippen LogP contribution in [0.2, 0.25) is 0 Å². The van der Waals surface area contributed by atoms with Gasteiger partial charge in [0.15, 0.2) is 0 Å². The number of aromatic nitrogens is 7. The van der Waals surface area contributed by atoms with E-state index in [1.807, 2.05) is 28.9 Å². The number of amides is 1. The Balaban J connectivity index is 0.000000145. The van der Waals surface area contributed by atoms with Crippen molar-refractivity contribution in [1.29, 1.82) is 0 Å². The van der Waals surface area contributed by atoms with Crippen LogP contribution in [0.15, 0.2) is 104 Å². The Labute approximate surface area is 318 Å². The molecule has 12 heteroatoms. The molecule has 2 aliphatic rings. The molecule has 4 aromatic carbocycles. The van der Waals surface area contributed by atoms with Crippen LogP contribution in [0.1, 0.15) is 19.8 Å². The van der Waals surface area contributed by atoms with Crippen LogP contribution in [-0.2, 0) is 18.9 Å². The van der Waals surface area contributed by atoms with E-state index in [1.165, 1.54) is 10.9 Å². The van der Waals surface area contributed by atoms with Gasteiger partial charge in [-0.15, -0.1) is 0 Å². The molecule has 0 bridgehead atoms. The smallest absolute Gasteiger partial charge is 0.219 e. The van der Waals surface area contributed by atoms with E-state index in [1.54, 1.807) is 31.7 Å². The molecule has 0 spiro atoms. The minimum absolute atomic E-state index is 0.129. The Morgan fingerprint density at radius 1 is 0.727 bits per heavy atom. The normalized spacial score (nSPS) is 16.9. The van der Waals surface area contributed by atoms with E-state index in [9.17, 15) is 4.79 Å². The SMILES string of the molecule is CC(=O)N1CC[C@H](Nc2cc(-c3ccc4cnn(C)c4c3)c3nccnc3c2)C1.Cn1ccc2ccc(-c3cc(NC4CCNC4)cc4nccnc34)cc21. The second-order valence-electron chi connectivity index (χ2n) is 14.6. The fourth-order valence-electron chi connectivity index (χ4n) is 7.91. The number of benzene rings is 4. The van der Waals surface area contributed by atoms with Crippen LogP contribution < -0.4 is 16.0 Å². The maximum absolute atomic E-state index is 11.6. The monoisotopic (exact) mass is 729 g/mol. The van der Waals surface area contributed by atoms with Crippen LogP contribution >= 0.6 is 0 Å². The number of rotatable bonds is 6. The zero-order chi connectivity index (χ0) is 37.5. The zero-order valence-corrected chi connectivity index (χ0v) is 31.2. The third kappa shape index (κ3) is 6.92. The number of nitrogens with one attached hydrogen (secondary N) is 3. The van der Waals surface area contributed by atoms with E-state index in [-0.39, 0.29) is 11.9 Å². The van der Waals surface area contributed by atoms with Gasteiger partial charge in [0.05, 0.1) is 33.8 Å². The number of hydrogen-bond acceptors (Lipinski definition) is 9. The summed E-state index contributed by atoms with van der Waals surface area (Å²) >= 11 is 0. The third-order valence-electron chi connectivity index (χ3n) is 10.8. The van der Waals surface area contributed by atoms with Crippen molar-refractivity contribution < 1.29 is 4.79 Å². The van der Waals surface area contributed by atoms with Crippen LogP contribution in [0.4, 0.5) is 11.4 Å². The molecule has 276 valence electrons. The van der Waals surface area contributed by atoms with Gasteiger partial charge in [-0.25, -0.2) is 0 Å². The number of anilines is 2. The third-order valence-corrected chi connectivity index (χ3v) is 10.8. The highest BCUT2D eigenvalue weighted by Crippen LogP contribution is 2.34. The predicted molar refractivity (Wildman–Crippen MR) is 220 cm³/mol. The molecule has 2 atom stereocenters. The Morgan fingerprint density at radius 2 is 1.36 bits per heavy atom. The lowest BCUT2D eigenvalue weighted by Crippen LogP contribution is -2.29. The molecule has 1 amide bonds. The summed E-state index contributed by atoms with van der Waals surface area (Å²) in [4.78, 5) is 31.8. The first kappa shape index (κ1) is 34.4. The van der Waals surface area contributed by atoms with Gasteiger partial charge in [-0.2, -0.15) is 5.10 Å². The number of hydrogen-bond donors (Lipinski definition) is 3. The molecular weight excluding hydrogens is 687 g/mol. The number of fused-ring (bicyclic) bond motifs is 4. The minimum Gasteiger partial charge on any atom is -0.381 e. The van der Waals surface area contributed by atoms with Crippen LogP contribution in [0.3, 0.4) is 0 Å². The molecular formula is C43H43N11O. The van der Waals surface area contributed by atoms with Gasteiger partial charge in [0.2, 0.25) is 5.91 Å². The summed E-state index contributed by atoms with van der Waals surface area (Å²) in [5.41, 5.74) is 12.4. The Bertz CT molecular complexity index is 2690. The Hall–Kier alpha value is -6.40. The molecule has 12 nitrogen and oxygen atoms in total. The Morgan fingerprint density at radius 3 is 2.00 bits per heavy atom. The summed E-state index contributed by atoms with van der Waals surface area (Å²) in [5.74, 6) is 0.129. The summed E-state index contributed by atoms with van der Waals surface area (Å²) in [6.45, 7) is 5.22. The molecule has 2 fully saturated rings. The van der Waals surface area contributed by atoms with Gasteiger partial charge < -0.3 is 25.4 Å². The quantitative estimate of drug-likeness (QED) is 0.170. The summed E-state index contributed by atoms with van der Waals surface area (Å²) in [7, 11) is 4.03. The van der Waals surface area contributed by atoms with E-state index in [2.05, 4.69) is 119 Å². The van der Waals surface area contributed by atoms with Gasteiger partial charge in [0.25, 0.3) is 0 Å². The molecule has 10 rings (SSSR count). The first-order chi connectivity index (χ1) is 26.9. The van der Waals surface area contributed by atoms with Crippen LogP contribution in [0.5, 0.6) is 0 Å². The van der Waals surface area contributed by atoms with Gasteiger partial charge in [0.1, 0.15) is 0 Å². The highest BCUT2D eigenvalue weighted by atomic mass is 16.2. The van der Waals surface area contributed by atoms with Crippen molar-refractivity contribution in [1.82, 2.24) is 44.5 Å². The molecule has 2 saturated heterocycles. The van der Waals surface area contributed by atoms with E-state index in [0.29, 0.717) is 6.04 Å². The molecule has 6 heterocycles. The van der Waals surface area contributed by atoms with Crippen molar-refractivity contribution in [2.24, 2.45) is 14.1 Å². The molecule has 0 radical (unpaired) electrons. The van der Waals surface area contributed by atoms with Gasteiger partial charge in [-0.05, 0) is 78.4 Å². The minimum atomic E-state index is 0.129. The van der Waals surface area contributed by atoms with Crippen LogP contribution in [0.25, 0.3) is 66.1 Å². The molecule has 1 unspecified atom stereocenters. The lowest BCUT2D eigenvalue weighted by Gasteiger charge is -2.17. The summed E-state index contributed by atoms with van der Waals surface area (Å²) in [6, 6.07) is 24.2. The van der Waals surface area contributed by atoms with E-state index < -0.39 is 0 Å². The van der Waals surface area contributed by atoms with E-state index in [4.69, 9.17) is 0 Å². The number of nitrogens with zero attached hydrogens (tertiary/aromatic N) is 8. The van der Waals surface area contributed by atoms with E-state index in [0.717, 1.165) is 106 Å². The number of carbonyl (C=O) groups is 1. The highest BCUT2D eigenvalue weighted by molar-refractivity contribution is 5.98. The fraction of sp³-hybridized carbons (Fsp3) is 0.256. The first-order valence-corrected chi connectivity index (χ1v) is 18.8. The largest absolute Gasteiger partial charge is 0.381 e.